The number of aromatic nitrogens is 2. The molecule has 1 aromatic rings. The van der Waals surface area contributed by atoms with Gasteiger partial charge >= 0.3 is 0 Å². The van der Waals surface area contributed by atoms with Gasteiger partial charge in [-0.05, 0) is 0 Å². The SMILES string of the molecule is NC1=NC(O)c2ncn([C@@H]3O[C@@H](CO)[C@H](O)[C@H]3O)c2N1. The molecule has 1 unspecified atom stereocenters. The lowest BCUT2D eigenvalue weighted by atomic mass is 10.1. The smallest absolute Gasteiger partial charge is 0.197 e. The Hall–Kier alpha value is -1.72. The maximum absolute atomic E-state index is 9.98. The Morgan fingerprint density at radius 1 is 1.35 bits per heavy atom. The van der Waals surface area contributed by atoms with Crippen molar-refractivity contribution < 1.29 is 25.2 Å². The molecule has 3 rings (SSSR count). The van der Waals surface area contributed by atoms with Gasteiger partial charge in [0, 0.05) is 0 Å². The van der Waals surface area contributed by atoms with Gasteiger partial charge in [-0.15, -0.1) is 0 Å². The topological polar surface area (TPSA) is 158 Å². The quantitative estimate of drug-likeness (QED) is 0.340. The van der Waals surface area contributed by atoms with Crippen LogP contribution in [0.4, 0.5) is 5.82 Å². The molecule has 1 aromatic heterocycles. The largest absolute Gasteiger partial charge is 0.394 e. The van der Waals surface area contributed by atoms with E-state index >= 15 is 0 Å². The molecule has 7 N–H and O–H groups in total. The first kappa shape index (κ1) is 13.3. The second-order valence-electron chi connectivity index (χ2n) is 4.63. The highest BCUT2D eigenvalue weighted by molar-refractivity contribution is 5.93. The van der Waals surface area contributed by atoms with E-state index in [-0.39, 0.29) is 11.7 Å². The average molecular weight is 285 g/mol. The molecule has 0 radical (unpaired) electrons. The number of anilines is 1. The zero-order chi connectivity index (χ0) is 14.4. The number of aliphatic hydroxyl groups excluding tert-OH is 4. The predicted octanol–water partition coefficient (Wildman–Crippen LogP) is -2.77. The summed E-state index contributed by atoms with van der Waals surface area (Å²) >= 11 is 0. The van der Waals surface area contributed by atoms with Crippen LogP contribution in [0.5, 0.6) is 0 Å². The molecular weight excluding hydrogens is 270 g/mol. The third kappa shape index (κ3) is 1.85. The van der Waals surface area contributed by atoms with Crippen molar-refractivity contribution in [1.29, 1.82) is 0 Å². The Morgan fingerprint density at radius 2 is 2.10 bits per heavy atom. The number of nitrogens with two attached hydrogens (primary N) is 1. The van der Waals surface area contributed by atoms with E-state index < -0.39 is 37.4 Å². The number of nitrogens with one attached hydrogen (secondary N) is 1. The molecule has 10 heteroatoms. The third-order valence-electron chi connectivity index (χ3n) is 3.37. The van der Waals surface area contributed by atoms with Crippen LogP contribution in [-0.4, -0.2) is 60.9 Å². The van der Waals surface area contributed by atoms with Crippen molar-refractivity contribution in [2.24, 2.45) is 10.7 Å². The Kier molecular flexibility index (Phi) is 3.11. The number of fused-ring (bicyclic) bond motifs is 1. The van der Waals surface area contributed by atoms with E-state index in [4.69, 9.17) is 15.6 Å². The van der Waals surface area contributed by atoms with Crippen LogP contribution in [0.1, 0.15) is 18.1 Å². The van der Waals surface area contributed by atoms with Crippen molar-refractivity contribution in [3.8, 4) is 0 Å². The molecule has 0 spiro atoms. The van der Waals surface area contributed by atoms with Crippen LogP contribution in [0.2, 0.25) is 0 Å². The molecule has 0 aromatic carbocycles. The lowest BCUT2D eigenvalue weighted by molar-refractivity contribution is -0.0518. The number of hydrogen-bond acceptors (Lipinski definition) is 9. The molecule has 0 aliphatic carbocycles. The Bertz CT molecular complexity index is 546. The predicted molar refractivity (Wildman–Crippen MR) is 65.4 cm³/mol. The summed E-state index contributed by atoms with van der Waals surface area (Å²) in [5.74, 6) is 0.318. The minimum absolute atomic E-state index is 0.00140. The summed E-state index contributed by atoms with van der Waals surface area (Å²) in [5, 5.41) is 41.2. The first-order valence-corrected chi connectivity index (χ1v) is 6.00. The van der Waals surface area contributed by atoms with E-state index in [0.29, 0.717) is 5.82 Å². The summed E-state index contributed by atoms with van der Waals surface area (Å²) in [4.78, 5) is 7.68. The Balaban J connectivity index is 1.94. The summed E-state index contributed by atoms with van der Waals surface area (Å²) < 4.78 is 6.78. The lowest BCUT2D eigenvalue weighted by Crippen LogP contribution is -2.34. The van der Waals surface area contributed by atoms with Crippen molar-refractivity contribution in [3.05, 3.63) is 12.0 Å². The minimum Gasteiger partial charge on any atom is -0.394 e. The molecule has 110 valence electrons. The number of hydrogen-bond donors (Lipinski definition) is 6. The molecule has 10 nitrogen and oxygen atoms in total. The molecule has 20 heavy (non-hydrogen) atoms. The Morgan fingerprint density at radius 3 is 2.75 bits per heavy atom. The standard InChI is InChI=1S/C10H15N5O5/c11-10-13-7-4(8(19)14-10)12-2-15(7)9-6(18)5(17)3(1-16)20-9/h2-3,5-6,8-9,16-19H,1H2,(H3,11,13,14)/t3-,5-,6+,8?,9+/m0/s1. The van der Waals surface area contributed by atoms with Gasteiger partial charge in [-0.2, -0.15) is 0 Å². The monoisotopic (exact) mass is 285 g/mol. The summed E-state index contributed by atoms with van der Waals surface area (Å²) in [5.41, 5.74) is 5.76. The molecule has 1 saturated heterocycles. The maximum Gasteiger partial charge on any atom is 0.197 e. The minimum atomic E-state index is -1.25. The van der Waals surface area contributed by atoms with Crippen LogP contribution in [-0.2, 0) is 4.74 Å². The van der Waals surface area contributed by atoms with Crippen molar-refractivity contribution in [1.82, 2.24) is 9.55 Å². The van der Waals surface area contributed by atoms with Gasteiger partial charge in [-0.3, -0.25) is 4.57 Å². The van der Waals surface area contributed by atoms with E-state index in [0.717, 1.165) is 0 Å². The van der Waals surface area contributed by atoms with Crippen LogP contribution in [0.25, 0.3) is 0 Å². The van der Waals surface area contributed by atoms with Crippen molar-refractivity contribution in [2.75, 3.05) is 11.9 Å². The number of imidazole rings is 1. The summed E-state index contributed by atoms with van der Waals surface area (Å²) in [6, 6.07) is 0. The van der Waals surface area contributed by atoms with Gasteiger partial charge < -0.3 is 36.2 Å². The zero-order valence-corrected chi connectivity index (χ0v) is 10.3. The van der Waals surface area contributed by atoms with E-state index in [1.807, 2.05) is 0 Å². The number of aliphatic hydroxyl groups is 4. The van der Waals surface area contributed by atoms with Gasteiger partial charge in [0.05, 0.1) is 12.9 Å². The van der Waals surface area contributed by atoms with E-state index in [2.05, 4.69) is 15.3 Å². The highest BCUT2D eigenvalue weighted by atomic mass is 16.6. The first-order valence-electron chi connectivity index (χ1n) is 6.00. The highest BCUT2D eigenvalue weighted by Crippen LogP contribution is 2.35. The average Bonchev–Trinajstić information content (AvgIpc) is 2.93. The summed E-state index contributed by atoms with van der Waals surface area (Å²) in [6.45, 7) is -0.425. The van der Waals surface area contributed by atoms with Crippen molar-refractivity contribution >= 4 is 11.8 Å². The number of rotatable bonds is 2. The fourth-order valence-electron chi connectivity index (χ4n) is 2.34. The van der Waals surface area contributed by atoms with Crippen LogP contribution in [0.15, 0.2) is 11.3 Å². The number of aliphatic imine (C=N–C) groups is 1. The summed E-state index contributed by atoms with van der Waals surface area (Å²) in [6.07, 6.45) is -4.19. The fraction of sp³-hybridized carbons (Fsp3) is 0.600. The molecule has 2 aliphatic heterocycles. The molecule has 2 aliphatic rings. The molecule has 3 heterocycles. The molecule has 0 saturated carbocycles. The lowest BCUT2D eigenvalue weighted by Gasteiger charge is -2.22. The zero-order valence-electron chi connectivity index (χ0n) is 10.3. The third-order valence-corrected chi connectivity index (χ3v) is 3.37. The van der Waals surface area contributed by atoms with Gasteiger partial charge in [-0.25, -0.2) is 9.98 Å². The van der Waals surface area contributed by atoms with Gasteiger partial charge in [-0.1, -0.05) is 0 Å². The number of ether oxygens (including phenoxy) is 1. The van der Waals surface area contributed by atoms with Crippen molar-refractivity contribution in [2.45, 2.75) is 30.8 Å². The van der Waals surface area contributed by atoms with Crippen LogP contribution < -0.4 is 11.1 Å². The van der Waals surface area contributed by atoms with E-state index in [9.17, 15) is 15.3 Å². The van der Waals surface area contributed by atoms with Crippen molar-refractivity contribution in [3.63, 3.8) is 0 Å². The molecule has 1 fully saturated rings. The highest BCUT2D eigenvalue weighted by Gasteiger charge is 2.44. The fourth-order valence-corrected chi connectivity index (χ4v) is 2.34. The first-order chi connectivity index (χ1) is 9.52. The number of guanidine groups is 1. The second-order valence-corrected chi connectivity index (χ2v) is 4.63. The van der Waals surface area contributed by atoms with Crippen LogP contribution in [0, 0.1) is 0 Å². The van der Waals surface area contributed by atoms with Gasteiger partial charge in [0.2, 0.25) is 0 Å². The van der Waals surface area contributed by atoms with E-state index in [1.165, 1.54) is 10.9 Å². The maximum atomic E-state index is 9.98. The van der Waals surface area contributed by atoms with Gasteiger partial charge in [0.15, 0.2) is 18.4 Å². The van der Waals surface area contributed by atoms with Gasteiger partial charge in [0.25, 0.3) is 0 Å². The van der Waals surface area contributed by atoms with Crippen LogP contribution >= 0.6 is 0 Å². The normalized spacial score (nSPS) is 36.4. The molecule has 0 amide bonds. The van der Waals surface area contributed by atoms with E-state index in [1.54, 1.807) is 0 Å². The molecule has 5 atom stereocenters. The van der Waals surface area contributed by atoms with Gasteiger partial charge in [0.1, 0.15) is 29.8 Å². The molecular formula is C10H15N5O5. The summed E-state index contributed by atoms with van der Waals surface area (Å²) in [7, 11) is 0. The van der Waals surface area contributed by atoms with Crippen LogP contribution in [0.3, 0.4) is 0 Å². The Labute approximate surface area is 113 Å². The second kappa shape index (κ2) is 4.68. The molecule has 0 bridgehead atoms. The number of nitrogens with zero attached hydrogens (tertiary/aromatic N) is 3.